The van der Waals surface area contributed by atoms with Gasteiger partial charge < -0.3 is 15.0 Å². The number of ether oxygens (including phenoxy) is 1. The molecule has 1 amide bonds. The van der Waals surface area contributed by atoms with Gasteiger partial charge in [-0.25, -0.2) is 0 Å². The molecule has 5 heteroatoms. The molecule has 1 unspecified atom stereocenters. The van der Waals surface area contributed by atoms with Crippen molar-refractivity contribution >= 4 is 11.6 Å². The summed E-state index contributed by atoms with van der Waals surface area (Å²) in [4.78, 5) is 16.8. The van der Waals surface area contributed by atoms with Crippen LogP contribution in [0.2, 0.25) is 0 Å². The summed E-state index contributed by atoms with van der Waals surface area (Å²) < 4.78 is 5.54. The molecule has 1 atom stereocenters. The van der Waals surface area contributed by atoms with Crippen molar-refractivity contribution < 1.29 is 9.53 Å². The number of nitrogens with zero attached hydrogens (tertiary/aromatic N) is 2. The molecule has 0 saturated carbocycles. The van der Waals surface area contributed by atoms with E-state index >= 15 is 0 Å². The van der Waals surface area contributed by atoms with Crippen molar-refractivity contribution in [2.24, 2.45) is 0 Å². The van der Waals surface area contributed by atoms with Crippen molar-refractivity contribution in [3.63, 3.8) is 0 Å². The molecule has 27 heavy (non-hydrogen) atoms. The average molecular weight is 367 g/mol. The van der Waals surface area contributed by atoms with Crippen LogP contribution in [0.15, 0.2) is 54.6 Å². The fraction of sp³-hybridized carbons (Fsp3) is 0.409. The monoisotopic (exact) mass is 367 g/mol. The molecular weight excluding hydrogens is 338 g/mol. The van der Waals surface area contributed by atoms with E-state index in [-0.39, 0.29) is 18.6 Å². The molecule has 2 aromatic carbocycles. The maximum Gasteiger partial charge on any atom is 0.258 e. The number of hydrogen-bond donors (Lipinski definition) is 1. The fourth-order valence-electron chi connectivity index (χ4n) is 3.43. The number of anilines is 1. The van der Waals surface area contributed by atoms with E-state index in [1.54, 1.807) is 0 Å². The van der Waals surface area contributed by atoms with E-state index in [0.717, 1.165) is 13.1 Å². The first-order valence-electron chi connectivity index (χ1n) is 9.59. The van der Waals surface area contributed by atoms with Crippen molar-refractivity contribution in [2.75, 3.05) is 45.2 Å². The van der Waals surface area contributed by atoms with Gasteiger partial charge in [0.15, 0.2) is 6.61 Å². The van der Waals surface area contributed by atoms with Crippen LogP contribution in [0, 0.1) is 0 Å². The molecule has 1 aliphatic heterocycles. The summed E-state index contributed by atoms with van der Waals surface area (Å²) in [6.45, 7) is 2.79. The van der Waals surface area contributed by atoms with Crippen LogP contribution >= 0.6 is 0 Å². The molecule has 0 spiro atoms. The molecule has 0 aliphatic carbocycles. The van der Waals surface area contributed by atoms with Crippen molar-refractivity contribution in [1.29, 1.82) is 0 Å². The molecular formula is C22H29N3O2. The summed E-state index contributed by atoms with van der Waals surface area (Å²) >= 11 is 0. The second-order valence-corrected chi connectivity index (χ2v) is 7.15. The molecule has 1 fully saturated rings. The second kappa shape index (κ2) is 9.42. The normalized spacial score (nSPS) is 15.3. The van der Waals surface area contributed by atoms with E-state index in [0.29, 0.717) is 12.3 Å². The highest BCUT2D eigenvalue weighted by Gasteiger charge is 2.24. The van der Waals surface area contributed by atoms with E-state index in [9.17, 15) is 4.79 Å². The van der Waals surface area contributed by atoms with Gasteiger partial charge in [0.05, 0.1) is 6.04 Å². The van der Waals surface area contributed by atoms with Gasteiger partial charge in [-0.15, -0.1) is 0 Å². The number of hydrogen-bond acceptors (Lipinski definition) is 4. The predicted octanol–water partition coefficient (Wildman–Crippen LogP) is 3.08. The van der Waals surface area contributed by atoms with Gasteiger partial charge in [0.2, 0.25) is 0 Å². The summed E-state index contributed by atoms with van der Waals surface area (Å²) in [6.07, 6.45) is 2.44. The van der Waals surface area contributed by atoms with Gasteiger partial charge in [-0.2, -0.15) is 0 Å². The maximum atomic E-state index is 12.2. The number of amides is 1. The van der Waals surface area contributed by atoms with Gasteiger partial charge in [0.25, 0.3) is 5.91 Å². The van der Waals surface area contributed by atoms with Crippen LogP contribution in [0.4, 0.5) is 5.69 Å². The summed E-state index contributed by atoms with van der Waals surface area (Å²) in [6, 6.07) is 18.2. The van der Waals surface area contributed by atoms with Gasteiger partial charge in [0, 0.05) is 26.3 Å². The molecule has 0 bridgehead atoms. The lowest BCUT2D eigenvalue weighted by atomic mass is 10.0. The molecule has 3 rings (SSSR count). The van der Waals surface area contributed by atoms with Crippen LogP contribution < -0.4 is 15.0 Å². The third-order valence-corrected chi connectivity index (χ3v) is 4.98. The Morgan fingerprint density at radius 1 is 1.07 bits per heavy atom. The number of likely N-dealkylation sites (tertiary alicyclic amines) is 1. The topological polar surface area (TPSA) is 44.8 Å². The highest BCUT2D eigenvalue weighted by molar-refractivity contribution is 5.77. The quantitative estimate of drug-likeness (QED) is 0.779. The van der Waals surface area contributed by atoms with Crippen LogP contribution in [-0.4, -0.2) is 51.1 Å². The van der Waals surface area contributed by atoms with E-state index in [4.69, 9.17) is 4.74 Å². The SMILES string of the molecule is CN(C)c1ccc(C(CNC(=O)COc2ccccc2)N2CCCC2)cc1. The molecule has 1 saturated heterocycles. The highest BCUT2D eigenvalue weighted by Crippen LogP contribution is 2.26. The minimum Gasteiger partial charge on any atom is -0.484 e. The van der Waals surface area contributed by atoms with Gasteiger partial charge in [-0.1, -0.05) is 30.3 Å². The van der Waals surface area contributed by atoms with Crippen molar-refractivity contribution in [3.8, 4) is 5.75 Å². The number of carbonyl (C=O) groups excluding carboxylic acids is 1. The predicted molar refractivity (Wildman–Crippen MR) is 109 cm³/mol. The minimum atomic E-state index is -0.0899. The Labute approximate surface area is 161 Å². The number of nitrogens with one attached hydrogen (secondary N) is 1. The van der Waals surface area contributed by atoms with Gasteiger partial charge in [0.1, 0.15) is 5.75 Å². The summed E-state index contributed by atoms with van der Waals surface area (Å²) in [5.41, 5.74) is 2.42. The summed E-state index contributed by atoms with van der Waals surface area (Å²) in [5, 5.41) is 3.05. The Hall–Kier alpha value is -2.53. The summed E-state index contributed by atoms with van der Waals surface area (Å²) in [7, 11) is 4.08. The number of carbonyl (C=O) groups is 1. The zero-order chi connectivity index (χ0) is 19.1. The first kappa shape index (κ1) is 19.2. The maximum absolute atomic E-state index is 12.2. The third kappa shape index (κ3) is 5.47. The Balaban J connectivity index is 1.59. The number of rotatable bonds is 8. The molecule has 144 valence electrons. The standard InChI is InChI=1S/C22H29N3O2/c1-24(2)19-12-10-18(11-13-19)21(25-14-6-7-15-25)16-23-22(26)17-27-20-8-4-3-5-9-20/h3-5,8-13,21H,6-7,14-17H2,1-2H3,(H,23,26). The first-order chi connectivity index (χ1) is 13.1. The first-order valence-corrected chi connectivity index (χ1v) is 9.59. The molecule has 1 aliphatic rings. The van der Waals surface area contributed by atoms with Crippen LogP contribution in [0.25, 0.3) is 0 Å². The van der Waals surface area contributed by atoms with Crippen molar-refractivity contribution in [3.05, 3.63) is 60.2 Å². The fourth-order valence-corrected chi connectivity index (χ4v) is 3.43. The number of para-hydroxylation sites is 1. The van der Waals surface area contributed by atoms with Crippen LogP contribution in [0.3, 0.4) is 0 Å². The Bertz CT molecular complexity index is 710. The second-order valence-electron chi connectivity index (χ2n) is 7.15. The Kier molecular flexibility index (Phi) is 6.71. The average Bonchev–Trinajstić information content (AvgIpc) is 3.22. The molecule has 5 nitrogen and oxygen atoms in total. The van der Waals surface area contributed by atoms with E-state index < -0.39 is 0 Å². The molecule has 0 radical (unpaired) electrons. The van der Waals surface area contributed by atoms with Crippen molar-refractivity contribution in [1.82, 2.24) is 10.2 Å². The zero-order valence-electron chi connectivity index (χ0n) is 16.2. The zero-order valence-corrected chi connectivity index (χ0v) is 16.2. The van der Waals surface area contributed by atoms with E-state index in [1.807, 2.05) is 44.4 Å². The Morgan fingerprint density at radius 2 is 1.74 bits per heavy atom. The van der Waals surface area contributed by atoms with Crippen LogP contribution in [0.5, 0.6) is 5.75 Å². The molecule has 0 aromatic heterocycles. The molecule has 1 heterocycles. The molecule has 2 aromatic rings. The highest BCUT2D eigenvalue weighted by atomic mass is 16.5. The van der Waals surface area contributed by atoms with Crippen LogP contribution in [0.1, 0.15) is 24.4 Å². The third-order valence-electron chi connectivity index (χ3n) is 4.98. The lowest BCUT2D eigenvalue weighted by Crippen LogP contribution is -2.38. The van der Waals surface area contributed by atoms with Gasteiger partial charge >= 0.3 is 0 Å². The smallest absolute Gasteiger partial charge is 0.258 e. The van der Waals surface area contributed by atoms with E-state index in [1.165, 1.54) is 24.1 Å². The van der Waals surface area contributed by atoms with Crippen LogP contribution in [-0.2, 0) is 4.79 Å². The largest absolute Gasteiger partial charge is 0.484 e. The summed E-state index contributed by atoms with van der Waals surface area (Å²) in [5.74, 6) is 0.621. The lowest BCUT2D eigenvalue weighted by molar-refractivity contribution is -0.123. The Morgan fingerprint density at radius 3 is 2.37 bits per heavy atom. The van der Waals surface area contributed by atoms with Gasteiger partial charge in [-0.05, 0) is 55.8 Å². The van der Waals surface area contributed by atoms with E-state index in [2.05, 4.69) is 39.4 Å². The van der Waals surface area contributed by atoms with Crippen molar-refractivity contribution in [2.45, 2.75) is 18.9 Å². The minimum absolute atomic E-state index is 0.0380. The lowest BCUT2D eigenvalue weighted by Gasteiger charge is -2.28. The van der Waals surface area contributed by atoms with Gasteiger partial charge in [-0.3, -0.25) is 9.69 Å². The number of benzene rings is 2. The molecule has 1 N–H and O–H groups in total.